The summed E-state index contributed by atoms with van der Waals surface area (Å²) in [7, 11) is 8.74. The highest BCUT2D eigenvalue weighted by molar-refractivity contribution is 6.01. The van der Waals surface area contributed by atoms with E-state index in [2.05, 4.69) is 35.5 Å². The summed E-state index contributed by atoms with van der Waals surface area (Å²) in [6.07, 6.45) is -7.95. The largest absolute Gasteiger partial charge is 0.380 e. The van der Waals surface area contributed by atoms with Crippen LogP contribution in [0.2, 0.25) is 0 Å². The highest BCUT2D eigenvalue weighted by atomic mass is 16.4. The molecule has 0 aliphatic carbocycles. The Bertz CT molecular complexity index is 3640. The van der Waals surface area contributed by atoms with Crippen molar-refractivity contribution >= 4 is 41.1 Å². The fourth-order valence-corrected chi connectivity index (χ4v) is 9.68. The Kier molecular flexibility index (Phi) is 22.9. The Morgan fingerprint density at radius 1 is 0.356 bits per heavy atom. The topological polar surface area (TPSA) is 243 Å². The number of rotatable bonds is 9. The van der Waals surface area contributed by atoms with Crippen molar-refractivity contribution in [2.75, 3.05) is 66.8 Å². The molecule has 0 bridgehead atoms. The van der Waals surface area contributed by atoms with Crippen LogP contribution in [0.5, 0.6) is 0 Å². The Balaban J connectivity index is 0.000000186. The van der Waals surface area contributed by atoms with E-state index in [1.807, 2.05) is 140 Å². The molecule has 87 heavy (non-hydrogen) atoms. The number of nitrogens with zero attached hydrogens (tertiary/aromatic N) is 6. The molecule has 3 aliphatic heterocycles. The van der Waals surface area contributed by atoms with Crippen molar-refractivity contribution in [2.24, 2.45) is 0 Å². The fraction of sp³-hybridized carbons (Fsp3) is 0.304. The second-order valence-corrected chi connectivity index (χ2v) is 21.6. The molecule has 0 aromatic heterocycles. The van der Waals surface area contributed by atoms with E-state index in [9.17, 15) is 59.4 Å². The van der Waals surface area contributed by atoms with Gasteiger partial charge in [-0.25, -0.2) is 0 Å². The lowest BCUT2D eigenvalue weighted by molar-refractivity contribution is -0.157. The zero-order valence-corrected chi connectivity index (χ0v) is 49.5. The number of hydrogen-bond acceptors (Lipinski definition) is 12. The minimum atomic E-state index is -1.81. The monoisotopic (exact) mass is 1180 g/mol. The van der Waals surface area contributed by atoms with E-state index in [0.29, 0.717) is 51.3 Å². The molecule has 6 aromatic rings. The molecule has 3 heterocycles. The van der Waals surface area contributed by atoms with E-state index < -0.39 is 72.1 Å². The molecule has 18 nitrogen and oxygen atoms in total. The molecule has 6 atom stereocenters. The van der Waals surface area contributed by atoms with Crippen molar-refractivity contribution in [1.82, 2.24) is 24.5 Å². The van der Waals surface area contributed by atoms with Gasteiger partial charge in [0.2, 0.25) is 0 Å². The van der Waals surface area contributed by atoms with Crippen LogP contribution >= 0.6 is 0 Å². The van der Waals surface area contributed by atoms with Crippen LogP contribution in [0.3, 0.4) is 0 Å². The number of aliphatic hydroxyl groups excluding tert-OH is 6. The van der Waals surface area contributed by atoms with Crippen LogP contribution in [0, 0.1) is 35.5 Å². The molecule has 3 aliphatic rings. The average Bonchev–Trinajstić information content (AvgIpc) is 3.64. The van der Waals surface area contributed by atoms with E-state index in [0.717, 1.165) is 88.7 Å². The van der Waals surface area contributed by atoms with Crippen LogP contribution in [0.15, 0.2) is 146 Å². The molecule has 0 unspecified atom stereocenters. The molecule has 0 fully saturated rings. The molecule has 6 amide bonds. The summed E-state index contributed by atoms with van der Waals surface area (Å²) in [6.45, 7) is 1.86. The fourth-order valence-electron chi connectivity index (χ4n) is 9.68. The van der Waals surface area contributed by atoms with Crippen molar-refractivity contribution in [3.05, 3.63) is 207 Å². The molecule has 0 radical (unpaired) electrons. The van der Waals surface area contributed by atoms with Gasteiger partial charge < -0.3 is 60.0 Å². The summed E-state index contributed by atoms with van der Waals surface area (Å²) in [5, 5.41) is 60.4. The summed E-state index contributed by atoms with van der Waals surface area (Å²) in [5.74, 6) is 14.7. The van der Waals surface area contributed by atoms with E-state index in [-0.39, 0.29) is 0 Å². The number of anilines is 1. The van der Waals surface area contributed by atoms with Crippen LogP contribution < -0.4 is 4.90 Å². The van der Waals surface area contributed by atoms with Gasteiger partial charge in [-0.1, -0.05) is 102 Å². The van der Waals surface area contributed by atoms with Crippen molar-refractivity contribution in [3.63, 3.8) is 0 Å². The lowest BCUT2D eigenvalue weighted by atomic mass is 9.96. The Morgan fingerprint density at radius 3 is 1.13 bits per heavy atom. The maximum absolute atomic E-state index is 12.7. The normalized spacial score (nSPS) is 14.8. The summed E-state index contributed by atoms with van der Waals surface area (Å²) in [5.41, 5.74) is 11.1. The van der Waals surface area contributed by atoms with Gasteiger partial charge in [-0.3, -0.25) is 28.8 Å². The first-order valence-corrected chi connectivity index (χ1v) is 28.3. The molecule has 6 N–H and O–H groups in total. The van der Waals surface area contributed by atoms with E-state index in [4.69, 9.17) is 0 Å². The van der Waals surface area contributed by atoms with Gasteiger partial charge in [-0.15, -0.1) is 0 Å². The van der Waals surface area contributed by atoms with Gasteiger partial charge in [0.15, 0.2) is 36.6 Å². The summed E-state index contributed by atoms with van der Waals surface area (Å²) >= 11 is 0. The van der Waals surface area contributed by atoms with Crippen LogP contribution in [-0.2, 0) is 61.1 Å². The third-order valence-electron chi connectivity index (χ3n) is 14.6. The number of fused-ring (bicyclic) bond motifs is 3. The second-order valence-electron chi connectivity index (χ2n) is 21.6. The number of aryl methyl sites for hydroxylation is 1. The number of hydrogen-bond donors (Lipinski definition) is 6. The van der Waals surface area contributed by atoms with E-state index in [1.165, 1.54) is 57.0 Å². The Hall–Kier alpha value is -9.42. The van der Waals surface area contributed by atoms with Crippen LogP contribution in [0.1, 0.15) is 67.6 Å². The number of amides is 6. The summed E-state index contributed by atoms with van der Waals surface area (Å²) < 4.78 is 0. The number of carbonyl (C=O) groups is 6. The van der Waals surface area contributed by atoms with Crippen molar-refractivity contribution in [3.8, 4) is 35.5 Å². The number of carbonyl (C=O) groups excluding carboxylic acids is 6. The lowest BCUT2D eigenvalue weighted by Gasteiger charge is -2.32. The highest BCUT2D eigenvalue weighted by Crippen LogP contribution is 2.30. The number of benzene rings is 6. The minimum Gasteiger partial charge on any atom is -0.380 e. The van der Waals surface area contributed by atoms with Crippen molar-refractivity contribution in [1.29, 1.82) is 0 Å². The molecule has 6 aromatic carbocycles. The number of aliphatic hydroxyl groups is 6. The zero-order chi connectivity index (χ0) is 62.9. The molecule has 9 rings (SSSR count). The Morgan fingerprint density at radius 2 is 0.701 bits per heavy atom. The van der Waals surface area contributed by atoms with Crippen molar-refractivity contribution in [2.45, 2.75) is 75.4 Å². The standard InChI is InChI=1S/3C23H24N2O4/c1-24(2)22(28)20(26)21(27)23(29)25-14-6-9-18-15-17(12-13-19(18)25)11-10-16-7-4-3-5-8-16;1-24(2)22(28)20(26)21(27)23(29)25-13-12-18-14-17(10-11-19(18)15-25)9-8-16-6-4-3-5-7-16;1-24(2)22(28)20(26)21(27)23(29)25-13-12-18-11-10-17(14-19(18)15-25)9-8-16-6-4-3-5-7-16/h3-5,7-8,12-13,15,20-21,26-27H,6,9,14H2,1-2H3;2*3-7,10-11,14,20-21,26-27H,12-13,15H2,1-2H3/t3*20-,21-/m111/s1. The van der Waals surface area contributed by atoms with Gasteiger partial charge >= 0.3 is 0 Å². The van der Waals surface area contributed by atoms with Crippen LogP contribution in [0.4, 0.5) is 5.69 Å². The first kappa shape index (κ1) is 65.1. The first-order valence-electron chi connectivity index (χ1n) is 28.3. The average molecular weight is 1180 g/mol. The van der Waals surface area contributed by atoms with Gasteiger partial charge in [0, 0.05) is 114 Å². The minimum absolute atomic E-state index is 0.301. The molecule has 0 spiro atoms. The maximum atomic E-state index is 12.7. The van der Waals surface area contributed by atoms with Crippen LogP contribution in [0.25, 0.3) is 0 Å². The van der Waals surface area contributed by atoms with Crippen molar-refractivity contribution < 1.29 is 59.4 Å². The van der Waals surface area contributed by atoms with Gasteiger partial charge in [0.25, 0.3) is 35.4 Å². The SMILES string of the molecule is CN(C)C(=O)[C@H](O)[C@@H](O)C(=O)N1CCCc2cc(C#Cc3ccccc3)ccc21.CN(C)C(=O)[C@H](O)[C@@H](O)C(=O)N1CCc2cc(C#Cc3ccccc3)ccc2C1.CN(C)C(=O)[C@H](O)[C@@H](O)C(=O)N1CCc2ccc(C#Cc3ccccc3)cc2C1. The second kappa shape index (κ2) is 30.6. The Labute approximate surface area is 507 Å². The predicted octanol–water partition coefficient (Wildman–Crippen LogP) is 2.74. The quantitative estimate of drug-likeness (QED) is 0.115. The smallest absolute Gasteiger partial charge is 0.259 e. The van der Waals surface area contributed by atoms with E-state index >= 15 is 0 Å². The highest BCUT2D eigenvalue weighted by Gasteiger charge is 2.38. The molecular weight excluding hydrogens is 1100 g/mol. The van der Waals surface area contributed by atoms with E-state index in [1.54, 1.807) is 6.07 Å². The first-order chi connectivity index (χ1) is 41.6. The van der Waals surface area contributed by atoms with Gasteiger partial charge in [0.1, 0.15) is 0 Å². The lowest BCUT2D eigenvalue weighted by Crippen LogP contribution is -2.51. The third-order valence-corrected chi connectivity index (χ3v) is 14.6. The van der Waals surface area contributed by atoms with Crippen LogP contribution in [-0.4, -0.2) is 189 Å². The van der Waals surface area contributed by atoms with Gasteiger partial charge in [-0.05, 0) is 132 Å². The summed E-state index contributed by atoms with van der Waals surface area (Å²) in [4.78, 5) is 81.2. The predicted molar refractivity (Wildman–Crippen MR) is 328 cm³/mol. The zero-order valence-electron chi connectivity index (χ0n) is 49.5. The van der Waals surface area contributed by atoms with Gasteiger partial charge in [0.05, 0.1) is 0 Å². The molecule has 450 valence electrons. The van der Waals surface area contributed by atoms with Gasteiger partial charge in [-0.2, -0.15) is 0 Å². The maximum Gasteiger partial charge on any atom is 0.259 e. The molecule has 18 heteroatoms. The molecular formula is C69H72N6O12. The third kappa shape index (κ3) is 17.4. The summed E-state index contributed by atoms with van der Waals surface area (Å²) in [6, 6.07) is 46.4. The molecule has 0 saturated carbocycles. The number of likely N-dealkylation sites (N-methyl/N-ethyl adjacent to an activating group) is 3. The molecule has 0 saturated heterocycles.